The molecule has 0 radical (unpaired) electrons. The van der Waals surface area contributed by atoms with Gasteiger partial charge in [0, 0.05) is 24.0 Å². The van der Waals surface area contributed by atoms with E-state index in [1.807, 2.05) is 32.0 Å². The molecule has 0 unspecified atom stereocenters. The second-order valence-corrected chi connectivity index (χ2v) is 5.78. The van der Waals surface area contributed by atoms with Crippen molar-refractivity contribution in [3.05, 3.63) is 34.9 Å². The molecule has 0 spiro atoms. The quantitative estimate of drug-likeness (QED) is 0.878. The Kier molecular flexibility index (Phi) is 6.69. The van der Waals surface area contributed by atoms with Gasteiger partial charge in [0.05, 0.1) is 0 Å². The average molecular weight is 311 g/mol. The smallest absolute Gasteiger partial charge is 0.242 e. The number of carbonyl (C=O) groups is 2. The van der Waals surface area contributed by atoms with Crippen molar-refractivity contribution in [1.29, 1.82) is 0 Å². The van der Waals surface area contributed by atoms with Gasteiger partial charge in [-0.3, -0.25) is 9.59 Å². The first-order valence-electron chi connectivity index (χ1n) is 7.19. The van der Waals surface area contributed by atoms with Crippen LogP contribution in [0.5, 0.6) is 0 Å². The van der Waals surface area contributed by atoms with Crippen LogP contribution >= 0.6 is 11.6 Å². The summed E-state index contributed by atoms with van der Waals surface area (Å²) < 4.78 is 0. The maximum atomic E-state index is 12.1. The number of benzene rings is 1. The lowest BCUT2D eigenvalue weighted by Crippen LogP contribution is -2.48. The van der Waals surface area contributed by atoms with Crippen LogP contribution in [0.3, 0.4) is 0 Å². The van der Waals surface area contributed by atoms with E-state index in [0.29, 0.717) is 18.0 Å². The van der Waals surface area contributed by atoms with Crippen molar-refractivity contribution in [3.8, 4) is 0 Å². The van der Waals surface area contributed by atoms with Crippen molar-refractivity contribution in [2.24, 2.45) is 0 Å². The van der Waals surface area contributed by atoms with Gasteiger partial charge in [-0.05, 0) is 38.5 Å². The Morgan fingerprint density at radius 3 is 2.48 bits per heavy atom. The highest BCUT2D eigenvalue weighted by atomic mass is 35.5. The standard InChI is InChI=1S/C16H23ClN2O2/c1-5-15(20)19(12(4)16(21)18-11(2)3)10-13-7-6-8-14(17)9-13/h6-9,11-12H,5,10H2,1-4H3,(H,18,21)/t12-/m1/s1. The highest BCUT2D eigenvalue weighted by Gasteiger charge is 2.25. The van der Waals surface area contributed by atoms with Gasteiger partial charge < -0.3 is 10.2 Å². The summed E-state index contributed by atoms with van der Waals surface area (Å²) in [5, 5.41) is 3.46. The topological polar surface area (TPSA) is 49.4 Å². The van der Waals surface area contributed by atoms with Crippen LogP contribution in [0.2, 0.25) is 5.02 Å². The van der Waals surface area contributed by atoms with E-state index in [9.17, 15) is 9.59 Å². The minimum Gasteiger partial charge on any atom is -0.352 e. The van der Waals surface area contributed by atoms with Crippen LogP contribution in [0.1, 0.15) is 39.7 Å². The summed E-state index contributed by atoms with van der Waals surface area (Å²) in [5.41, 5.74) is 0.911. The molecular weight excluding hydrogens is 288 g/mol. The zero-order valence-electron chi connectivity index (χ0n) is 13.0. The Balaban J connectivity index is 2.90. The molecule has 0 aromatic heterocycles. The molecule has 21 heavy (non-hydrogen) atoms. The molecule has 1 atom stereocenters. The maximum absolute atomic E-state index is 12.1. The van der Waals surface area contributed by atoms with Crippen LogP contribution in [0.4, 0.5) is 0 Å². The molecule has 0 saturated carbocycles. The van der Waals surface area contributed by atoms with Crippen molar-refractivity contribution in [2.45, 2.75) is 52.7 Å². The van der Waals surface area contributed by atoms with Gasteiger partial charge in [0.2, 0.25) is 11.8 Å². The summed E-state index contributed by atoms with van der Waals surface area (Å²) in [4.78, 5) is 25.9. The van der Waals surface area contributed by atoms with Crippen LogP contribution in [-0.2, 0) is 16.1 Å². The Bertz CT molecular complexity index is 503. The van der Waals surface area contributed by atoms with Crippen molar-refractivity contribution < 1.29 is 9.59 Å². The fraction of sp³-hybridized carbons (Fsp3) is 0.500. The number of rotatable bonds is 6. The van der Waals surface area contributed by atoms with Gasteiger partial charge in [-0.2, -0.15) is 0 Å². The van der Waals surface area contributed by atoms with E-state index in [1.54, 1.807) is 24.8 Å². The number of nitrogens with one attached hydrogen (secondary N) is 1. The van der Waals surface area contributed by atoms with Crippen molar-refractivity contribution in [3.63, 3.8) is 0 Å². The number of halogens is 1. The number of carbonyl (C=O) groups excluding carboxylic acids is 2. The van der Waals surface area contributed by atoms with E-state index >= 15 is 0 Å². The summed E-state index contributed by atoms with van der Waals surface area (Å²) in [6.45, 7) is 7.71. The summed E-state index contributed by atoms with van der Waals surface area (Å²) >= 11 is 5.97. The fourth-order valence-corrected chi connectivity index (χ4v) is 2.24. The Labute approximate surface area is 131 Å². The third kappa shape index (κ3) is 5.38. The minimum atomic E-state index is -0.515. The zero-order valence-corrected chi connectivity index (χ0v) is 13.8. The molecule has 0 fully saturated rings. The maximum Gasteiger partial charge on any atom is 0.242 e. The lowest BCUT2D eigenvalue weighted by Gasteiger charge is -2.29. The molecule has 0 aliphatic carbocycles. The number of amides is 2. The number of nitrogens with zero attached hydrogens (tertiary/aromatic N) is 1. The van der Waals surface area contributed by atoms with E-state index in [4.69, 9.17) is 11.6 Å². The van der Waals surface area contributed by atoms with Gasteiger partial charge in [-0.1, -0.05) is 30.7 Å². The first-order chi connectivity index (χ1) is 9.85. The predicted molar refractivity (Wildman–Crippen MR) is 85.0 cm³/mol. The highest BCUT2D eigenvalue weighted by Crippen LogP contribution is 2.15. The normalized spacial score (nSPS) is 12.1. The molecule has 5 heteroatoms. The highest BCUT2D eigenvalue weighted by molar-refractivity contribution is 6.30. The molecule has 2 amide bonds. The molecule has 1 aromatic rings. The van der Waals surface area contributed by atoms with Crippen LogP contribution in [0.25, 0.3) is 0 Å². The molecule has 4 nitrogen and oxygen atoms in total. The Morgan fingerprint density at radius 2 is 1.95 bits per heavy atom. The monoisotopic (exact) mass is 310 g/mol. The van der Waals surface area contributed by atoms with Gasteiger partial charge in [-0.25, -0.2) is 0 Å². The lowest BCUT2D eigenvalue weighted by atomic mass is 10.1. The first kappa shape index (κ1) is 17.5. The van der Waals surface area contributed by atoms with E-state index < -0.39 is 6.04 Å². The average Bonchev–Trinajstić information content (AvgIpc) is 2.42. The molecule has 1 N–H and O–H groups in total. The number of hydrogen-bond acceptors (Lipinski definition) is 2. The largest absolute Gasteiger partial charge is 0.352 e. The summed E-state index contributed by atoms with van der Waals surface area (Å²) in [5.74, 6) is -0.199. The van der Waals surface area contributed by atoms with Crippen molar-refractivity contribution >= 4 is 23.4 Å². The Hall–Kier alpha value is -1.55. The van der Waals surface area contributed by atoms with Crippen molar-refractivity contribution in [1.82, 2.24) is 10.2 Å². The third-order valence-electron chi connectivity index (χ3n) is 3.14. The molecule has 116 valence electrons. The second-order valence-electron chi connectivity index (χ2n) is 5.34. The van der Waals surface area contributed by atoms with E-state index in [2.05, 4.69) is 5.32 Å². The summed E-state index contributed by atoms with van der Waals surface area (Å²) in [7, 11) is 0. The summed E-state index contributed by atoms with van der Waals surface area (Å²) in [6.07, 6.45) is 0.361. The second kappa shape index (κ2) is 8.03. The molecule has 0 saturated heterocycles. The molecular formula is C16H23ClN2O2. The van der Waals surface area contributed by atoms with E-state index in [0.717, 1.165) is 5.56 Å². The molecule has 0 heterocycles. The molecule has 1 aromatic carbocycles. The zero-order chi connectivity index (χ0) is 16.0. The summed E-state index contributed by atoms with van der Waals surface area (Å²) in [6, 6.07) is 6.86. The van der Waals surface area contributed by atoms with Gasteiger partial charge in [-0.15, -0.1) is 0 Å². The molecule has 0 aliphatic rings. The van der Waals surface area contributed by atoms with Gasteiger partial charge >= 0.3 is 0 Å². The SMILES string of the molecule is CCC(=O)N(Cc1cccc(Cl)c1)[C@H](C)C(=O)NC(C)C. The lowest BCUT2D eigenvalue weighted by molar-refractivity contribution is -0.140. The third-order valence-corrected chi connectivity index (χ3v) is 3.38. The first-order valence-corrected chi connectivity index (χ1v) is 7.57. The van der Waals surface area contributed by atoms with Crippen LogP contribution < -0.4 is 5.32 Å². The van der Waals surface area contributed by atoms with Crippen LogP contribution in [0, 0.1) is 0 Å². The van der Waals surface area contributed by atoms with E-state index in [-0.39, 0.29) is 17.9 Å². The predicted octanol–water partition coefficient (Wildman–Crippen LogP) is 2.99. The Morgan fingerprint density at radius 1 is 1.29 bits per heavy atom. The minimum absolute atomic E-state index is 0.0460. The van der Waals surface area contributed by atoms with Gasteiger partial charge in [0.15, 0.2) is 0 Å². The van der Waals surface area contributed by atoms with Crippen LogP contribution in [0.15, 0.2) is 24.3 Å². The van der Waals surface area contributed by atoms with Gasteiger partial charge in [0.25, 0.3) is 0 Å². The van der Waals surface area contributed by atoms with Gasteiger partial charge in [0.1, 0.15) is 6.04 Å². The molecule has 1 rings (SSSR count). The van der Waals surface area contributed by atoms with E-state index in [1.165, 1.54) is 0 Å². The molecule has 0 aliphatic heterocycles. The number of hydrogen-bond donors (Lipinski definition) is 1. The molecule has 0 bridgehead atoms. The fourth-order valence-electron chi connectivity index (χ4n) is 2.02. The van der Waals surface area contributed by atoms with Crippen LogP contribution in [-0.4, -0.2) is 28.8 Å². The van der Waals surface area contributed by atoms with Crippen molar-refractivity contribution in [2.75, 3.05) is 0 Å².